The standard InChI is InChI=1S/C22H27N5OS/c1-25-7-9-26(10-8-25)14-18-15-27(11-12-28-18)22-19-4-2-3-5-20(19)23-21(24-22)17-6-13-29-16-17/h2-6,13,16,18H,7-12,14-15H2,1H3/t18-/m1/s1. The number of fused-ring (bicyclic) bond motifs is 1. The lowest BCUT2D eigenvalue weighted by Gasteiger charge is -2.39. The van der Waals surface area contributed by atoms with Crippen molar-refractivity contribution in [2.24, 2.45) is 0 Å². The van der Waals surface area contributed by atoms with Crippen molar-refractivity contribution in [3.8, 4) is 11.4 Å². The fourth-order valence-corrected chi connectivity index (χ4v) is 4.80. The second-order valence-corrected chi connectivity index (χ2v) is 8.72. The third-order valence-corrected chi connectivity index (χ3v) is 6.54. The lowest BCUT2D eigenvalue weighted by Crippen LogP contribution is -2.52. The molecule has 0 amide bonds. The summed E-state index contributed by atoms with van der Waals surface area (Å²) in [5, 5.41) is 5.31. The highest BCUT2D eigenvalue weighted by Gasteiger charge is 2.26. The highest BCUT2D eigenvalue weighted by Crippen LogP contribution is 2.29. The molecule has 0 radical (unpaired) electrons. The first-order valence-corrected chi connectivity index (χ1v) is 11.3. The molecule has 0 bridgehead atoms. The predicted molar refractivity (Wildman–Crippen MR) is 119 cm³/mol. The minimum atomic E-state index is 0.213. The Morgan fingerprint density at radius 3 is 2.76 bits per heavy atom. The highest BCUT2D eigenvalue weighted by atomic mass is 32.1. The van der Waals surface area contributed by atoms with Crippen LogP contribution in [0.2, 0.25) is 0 Å². The molecule has 2 aliphatic rings. The molecule has 6 nitrogen and oxygen atoms in total. The molecule has 4 heterocycles. The molecular weight excluding hydrogens is 382 g/mol. The minimum absolute atomic E-state index is 0.213. The van der Waals surface area contributed by atoms with E-state index in [-0.39, 0.29) is 6.10 Å². The van der Waals surface area contributed by atoms with Gasteiger partial charge in [-0.1, -0.05) is 12.1 Å². The van der Waals surface area contributed by atoms with Crippen LogP contribution in [0.4, 0.5) is 5.82 Å². The summed E-state index contributed by atoms with van der Waals surface area (Å²) in [6, 6.07) is 10.4. The topological polar surface area (TPSA) is 44.7 Å². The van der Waals surface area contributed by atoms with Gasteiger partial charge in [-0.15, -0.1) is 0 Å². The van der Waals surface area contributed by atoms with Crippen molar-refractivity contribution in [1.82, 2.24) is 19.8 Å². The molecule has 1 atom stereocenters. The third-order valence-electron chi connectivity index (χ3n) is 5.86. The van der Waals surface area contributed by atoms with Crippen LogP contribution in [0.3, 0.4) is 0 Å². The fraction of sp³-hybridized carbons (Fsp3) is 0.455. The Balaban J connectivity index is 1.40. The number of likely N-dealkylation sites (N-methyl/N-ethyl adjacent to an activating group) is 1. The number of rotatable bonds is 4. The van der Waals surface area contributed by atoms with Gasteiger partial charge in [0.05, 0.1) is 18.2 Å². The summed E-state index contributed by atoms with van der Waals surface area (Å²) < 4.78 is 6.14. The predicted octanol–water partition coefficient (Wildman–Crippen LogP) is 2.81. The van der Waals surface area contributed by atoms with Crippen LogP contribution in [0.25, 0.3) is 22.3 Å². The maximum Gasteiger partial charge on any atom is 0.162 e. The number of ether oxygens (including phenoxy) is 1. The van der Waals surface area contributed by atoms with Crippen LogP contribution in [-0.4, -0.2) is 85.3 Å². The average Bonchev–Trinajstić information content (AvgIpc) is 3.30. The number of nitrogens with zero attached hydrogens (tertiary/aromatic N) is 5. The summed E-state index contributed by atoms with van der Waals surface area (Å²) in [6.45, 7) is 7.98. The lowest BCUT2D eigenvalue weighted by molar-refractivity contribution is 0.00669. The van der Waals surface area contributed by atoms with Crippen LogP contribution in [0.1, 0.15) is 0 Å². The number of piperazine rings is 1. The van der Waals surface area contributed by atoms with Gasteiger partial charge >= 0.3 is 0 Å². The Hall–Kier alpha value is -2.06. The van der Waals surface area contributed by atoms with Gasteiger partial charge in [-0.2, -0.15) is 11.3 Å². The number of para-hydroxylation sites is 1. The molecule has 0 unspecified atom stereocenters. The number of hydrogen-bond acceptors (Lipinski definition) is 7. The largest absolute Gasteiger partial charge is 0.373 e. The SMILES string of the molecule is CN1CCN(C[C@@H]2CN(c3nc(-c4ccsc4)nc4ccccc34)CCO2)CC1. The zero-order chi connectivity index (χ0) is 19.6. The highest BCUT2D eigenvalue weighted by molar-refractivity contribution is 7.08. The first-order valence-electron chi connectivity index (χ1n) is 10.3. The maximum atomic E-state index is 6.14. The Morgan fingerprint density at radius 1 is 1.07 bits per heavy atom. The van der Waals surface area contributed by atoms with Crippen LogP contribution in [-0.2, 0) is 4.74 Å². The first-order chi connectivity index (χ1) is 14.3. The summed E-state index contributed by atoms with van der Waals surface area (Å²) in [7, 11) is 2.20. The Labute approximate surface area is 175 Å². The summed E-state index contributed by atoms with van der Waals surface area (Å²) in [6.07, 6.45) is 0.213. The molecule has 5 rings (SSSR count). The van der Waals surface area contributed by atoms with E-state index in [0.29, 0.717) is 0 Å². The molecule has 7 heteroatoms. The van der Waals surface area contributed by atoms with Gasteiger partial charge in [-0.25, -0.2) is 9.97 Å². The van der Waals surface area contributed by atoms with Crippen molar-refractivity contribution in [2.45, 2.75) is 6.10 Å². The van der Waals surface area contributed by atoms with Crippen LogP contribution in [0.15, 0.2) is 41.1 Å². The molecule has 2 fully saturated rings. The van der Waals surface area contributed by atoms with E-state index in [9.17, 15) is 0 Å². The van der Waals surface area contributed by atoms with Crippen molar-refractivity contribution in [2.75, 3.05) is 64.4 Å². The van der Waals surface area contributed by atoms with Crippen LogP contribution < -0.4 is 4.90 Å². The second-order valence-electron chi connectivity index (χ2n) is 7.94. The van der Waals surface area contributed by atoms with Gasteiger partial charge < -0.3 is 14.5 Å². The monoisotopic (exact) mass is 409 g/mol. The van der Waals surface area contributed by atoms with E-state index in [2.05, 4.69) is 56.8 Å². The van der Waals surface area contributed by atoms with E-state index in [4.69, 9.17) is 14.7 Å². The summed E-state index contributed by atoms with van der Waals surface area (Å²) in [4.78, 5) is 17.1. The van der Waals surface area contributed by atoms with Crippen molar-refractivity contribution in [3.05, 3.63) is 41.1 Å². The average molecular weight is 410 g/mol. The Bertz CT molecular complexity index is 955. The lowest BCUT2D eigenvalue weighted by atomic mass is 10.1. The quantitative estimate of drug-likeness (QED) is 0.660. The number of hydrogen-bond donors (Lipinski definition) is 0. The molecular formula is C22H27N5OS. The van der Waals surface area contributed by atoms with E-state index >= 15 is 0 Å². The normalized spacial score (nSPS) is 21.7. The summed E-state index contributed by atoms with van der Waals surface area (Å²) >= 11 is 1.68. The molecule has 0 saturated carbocycles. The van der Waals surface area contributed by atoms with E-state index in [0.717, 1.165) is 80.5 Å². The Morgan fingerprint density at radius 2 is 1.93 bits per heavy atom. The molecule has 3 aromatic rings. The third kappa shape index (κ3) is 4.14. The Kier molecular flexibility index (Phi) is 5.46. The van der Waals surface area contributed by atoms with Gasteiger partial charge in [-0.05, 0) is 30.6 Å². The number of aromatic nitrogens is 2. The molecule has 0 N–H and O–H groups in total. The van der Waals surface area contributed by atoms with E-state index in [1.165, 1.54) is 0 Å². The number of morpholine rings is 1. The van der Waals surface area contributed by atoms with Crippen molar-refractivity contribution in [3.63, 3.8) is 0 Å². The molecule has 0 aliphatic carbocycles. The number of thiophene rings is 1. The summed E-state index contributed by atoms with van der Waals surface area (Å²) in [5.41, 5.74) is 2.09. The summed E-state index contributed by atoms with van der Waals surface area (Å²) in [5.74, 6) is 1.84. The van der Waals surface area contributed by atoms with Crippen molar-refractivity contribution >= 4 is 28.1 Å². The van der Waals surface area contributed by atoms with E-state index < -0.39 is 0 Å². The van der Waals surface area contributed by atoms with Gasteiger partial charge in [0, 0.05) is 62.1 Å². The molecule has 1 aromatic carbocycles. The second kappa shape index (κ2) is 8.36. The van der Waals surface area contributed by atoms with E-state index in [1.807, 2.05) is 6.07 Å². The van der Waals surface area contributed by atoms with Crippen LogP contribution >= 0.6 is 11.3 Å². The van der Waals surface area contributed by atoms with Gasteiger partial charge in [0.2, 0.25) is 0 Å². The van der Waals surface area contributed by atoms with Gasteiger partial charge in [-0.3, -0.25) is 4.90 Å². The van der Waals surface area contributed by atoms with Gasteiger partial charge in [0.15, 0.2) is 5.82 Å². The molecule has 0 spiro atoms. The van der Waals surface area contributed by atoms with Gasteiger partial charge in [0.25, 0.3) is 0 Å². The molecule has 152 valence electrons. The van der Waals surface area contributed by atoms with Crippen LogP contribution in [0, 0.1) is 0 Å². The zero-order valence-corrected chi connectivity index (χ0v) is 17.6. The first kappa shape index (κ1) is 18.9. The van der Waals surface area contributed by atoms with Crippen molar-refractivity contribution in [1.29, 1.82) is 0 Å². The minimum Gasteiger partial charge on any atom is -0.373 e. The molecule has 2 saturated heterocycles. The fourth-order valence-electron chi connectivity index (χ4n) is 4.16. The van der Waals surface area contributed by atoms with Gasteiger partial charge in [0.1, 0.15) is 5.82 Å². The molecule has 2 aromatic heterocycles. The maximum absolute atomic E-state index is 6.14. The molecule has 29 heavy (non-hydrogen) atoms. The van der Waals surface area contributed by atoms with Crippen LogP contribution in [0.5, 0.6) is 0 Å². The number of benzene rings is 1. The van der Waals surface area contributed by atoms with Crippen molar-refractivity contribution < 1.29 is 4.74 Å². The number of anilines is 1. The zero-order valence-electron chi connectivity index (χ0n) is 16.8. The molecule has 2 aliphatic heterocycles. The van der Waals surface area contributed by atoms with E-state index in [1.54, 1.807) is 11.3 Å². The smallest absolute Gasteiger partial charge is 0.162 e.